The number of carbonyl (C=O) groups is 1. The predicted octanol–water partition coefficient (Wildman–Crippen LogP) is 1.86. The van der Waals surface area contributed by atoms with E-state index >= 15 is 0 Å². The third-order valence-corrected chi connectivity index (χ3v) is 1.55. The summed E-state index contributed by atoms with van der Waals surface area (Å²) >= 11 is 0. The Morgan fingerprint density at radius 2 is 1.85 bits per heavy atom. The van der Waals surface area contributed by atoms with Gasteiger partial charge in [0, 0.05) is 5.69 Å². The highest BCUT2D eigenvalue weighted by Crippen LogP contribution is 2.33. The fourth-order valence-corrected chi connectivity index (χ4v) is 0.889. The van der Waals surface area contributed by atoms with Crippen LogP contribution in [0.25, 0.3) is 0 Å². The molecule has 2 N–H and O–H groups in total. The van der Waals surface area contributed by atoms with Crippen LogP contribution in [0.1, 0.15) is 5.56 Å². The van der Waals surface area contributed by atoms with E-state index in [4.69, 9.17) is 5.73 Å². The molecule has 1 aromatic carbocycles. The molecule has 0 atom stereocenters. The number of rotatable bonds is 2. The lowest BCUT2D eigenvalue weighted by atomic mass is 10.1. The van der Waals surface area contributed by atoms with Crippen LogP contribution in [0.3, 0.4) is 0 Å². The van der Waals surface area contributed by atoms with Crippen LogP contribution in [-0.4, -0.2) is 6.04 Å². The molecular weight excluding hydrogens is 183 g/mol. The lowest BCUT2D eigenvalue weighted by Crippen LogP contribution is -2.23. The molecule has 0 spiro atoms. The third-order valence-electron chi connectivity index (χ3n) is 1.55. The number of carbonyl (C=O) groups excluding carboxylic acids is 1. The highest BCUT2D eigenvalue weighted by Gasteiger charge is 2.42. The van der Waals surface area contributed by atoms with Gasteiger partial charge < -0.3 is 5.73 Å². The summed E-state index contributed by atoms with van der Waals surface area (Å²) in [5.41, 5.74) is 4.04. The molecule has 2 nitrogen and oxygen atoms in total. The Morgan fingerprint density at radius 1 is 1.31 bits per heavy atom. The standard InChI is InChI=1S/C8H6F3NO/c9-7(13)8(10,11)5-3-1-2-4-6(5)12/h1-4H,12H2. The zero-order valence-corrected chi connectivity index (χ0v) is 6.43. The Hall–Kier alpha value is -1.52. The van der Waals surface area contributed by atoms with Crippen LogP contribution in [0.2, 0.25) is 0 Å². The molecule has 0 aliphatic heterocycles. The number of hydrogen-bond acceptors (Lipinski definition) is 2. The molecule has 0 radical (unpaired) electrons. The average molecular weight is 189 g/mol. The van der Waals surface area contributed by atoms with Crippen molar-refractivity contribution in [3.05, 3.63) is 29.8 Å². The molecule has 0 fully saturated rings. The molecule has 0 saturated heterocycles. The summed E-state index contributed by atoms with van der Waals surface area (Å²) in [4.78, 5) is 9.95. The average Bonchev–Trinajstić information content (AvgIpc) is 2.04. The minimum absolute atomic E-state index is 0.307. The maximum atomic E-state index is 12.7. The number of benzene rings is 1. The molecule has 0 aliphatic carbocycles. The number of nitrogens with two attached hydrogens (primary N) is 1. The summed E-state index contributed by atoms with van der Waals surface area (Å²) in [7, 11) is 0. The summed E-state index contributed by atoms with van der Waals surface area (Å²) < 4.78 is 37.4. The molecule has 13 heavy (non-hydrogen) atoms. The maximum Gasteiger partial charge on any atom is 0.375 e. The van der Waals surface area contributed by atoms with Gasteiger partial charge in [0.25, 0.3) is 0 Å². The first kappa shape index (κ1) is 9.57. The van der Waals surface area contributed by atoms with Gasteiger partial charge in [-0.2, -0.15) is 13.2 Å². The van der Waals surface area contributed by atoms with Crippen molar-refractivity contribution in [1.29, 1.82) is 0 Å². The topological polar surface area (TPSA) is 43.1 Å². The van der Waals surface area contributed by atoms with E-state index in [9.17, 15) is 18.0 Å². The van der Waals surface area contributed by atoms with Crippen LogP contribution in [0.4, 0.5) is 18.9 Å². The number of alkyl halides is 2. The number of halogens is 3. The highest BCUT2D eigenvalue weighted by atomic mass is 19.3. The maximum absolute atomic E-state index is 12.7. The van der Waals surface area contributed by atoms with E-state index in [1.807, 2.05) is 0 Å². The second-order valence-electron chi connectivity index (χ2n) is 2.44. The van der Waals surface area contributed by atoms with Gasteiger partial charge in [-0.05, 0) is 6.07 Å². The van der Waals surface area contributed by atoms with Crippen LogP contribution < -0.4 is 5.73 Å². The van der Waals surface area contributed by atoms with Gasteiger partial charge in [0.15, 0.2) is 0 Å². The second-order valence-corrected chi connectivity index (χ2v) is 2.44. The van der Waals surface area contributed by atoms with Crippen LogP contribution in [0.15, 0.2) is 24.3 Å². The van der Waals surface area contributed by atoms with Crippen molar-refractivity contribution in [2.45, 2.75) is 5.92 Å². The summed E-state index contributed by atoms with van der Waals surface area (Å²) in [6.45, 7) is 0. The van der Waals surface area contributed by atoms with E-state index in [2.05, 4.69) is 0 Å². The molecule has 5 heteroatoms. The molecule has 1 aromatic rings. The minimum Gasteiger partial charge on any atom is -0.398 e. The van der Waals surface area contributed by atoms with Crippen LogP contribution in [-0.2, 0) is 10.7 Å². The largest absolute Gasteiger partial charge is 0.398 e. The van der Waals surface area contributed by atoms with E-state index in [0.29, 0.717) is 0 Å². The summed E-state index contributed by atoms with van der Waals surface area (Å²) in [6.07, 6.45) is 0. The van der Waals surface area contributed by atoms with E-state index in [1.165, 1.54) is 18.2 Å². The molecule has 70 valence electrons. The fourth-order valence-electron chi connectivity index (χ4n) is 0.889. The van der Waals surface area contributed by atoms with Gasteiger partial charge in [0.05, 0.1) is 5.56 Å². The molecule has 0 saturated carbocycles. The van der Waals surface area contributed by atoms with Gasteiger partial charge in [0.1, 0.15) is 0 Å². The fraction of sp³-hybridized carbons (Fsp3) is 0.125. The number of para-hydroxylation sites is 1. The number of anilines is 1. The van der Waals surface area contributed by atoms with Gasteiger partial charge >= 0.3 is 12.0 Å². The van der Waals surface area contributed by atoms with Crippen LogP contribution in [0.5, 0.6) is 0 Å². The van der Waals surface area contributed by atoms with E-state index in [1.54, 1.807) is 0 Å². The molecule has 0 bridgehead atoms. The van der Waals surface area contributed by atoms with Crippen molar-refractivity contribution in [3.63, 3.8) is 0 Å². The molecule has 1 rings (SSSR count). The lowest BCUT2D eigenvalue weighted by Gasteiger charge is -2.12. The van der Waals surface area contributed by atoms with Crippen molar-refractivity contribution in [2.24, 2.45) is 0 Å². The Labute approximate surface area is 72.2 Å². The highest BCUT2D eigenvalue weighted by molar-refractivity contribution is 5.80. The predicted molar refractivity (Wildman–Crippen MR) is 40.9 cm³/mol. The molecule has 0 aromatic heterocycles. The van der Waals surface area contributed by atoms with Crippen molar-refractivity contribution in [3.8, 4) is 0 Å². The quantitative estimate of drug-likeness (QED) is 0.570. The van der Waals surface area contributed by atoms with Crippen molar-refractivity contribution in [2.75, 3.05) is 5.73 Å². The van der Waals surface area contributed by atoms with Gasteiger partial charge in [-0.15, -0.1) is 0 Å². The van der Waals surface area contributed by atoms with Gasteiger partial charge in [0.2, 0.25) is 0 Å². The normalized spacial score (nSPS) is 11.3. The lowest BCUT2D eigenvalue weighted by molar-refractivity contribution is -0.156. The smallest absolute Gasteiger partial charge is 0.375 e. The van der Waals surface area contributed by atoms with Crippen molar-refractivity contribution < 1.29 is 18.0 Å². The SMILES string of the molecule is Nc1ccccc1C(F)(F)C(=O)F. The van der Waals surface area contributed by atoms with Crippen LogP contribution in [0, 0.1) is 0 Å². The molecule has 0 aliphatic rings. The van der Waals surface area contributed by atoms with Gasteiger partial charge in [-0.3, -0.25) is 4.79 Å². The van der Waals surface area contributed by atoms with E-state index in [-0.39, 0.29) is 5.69 Å². The second kappa shape index (κ2) is 3.08. The Balaban J connectivity index is 3.22. The zero-order chi connectivity index (χ0) is 10.1. The Kier molecular flexibility index (Phi) is 2.27. The molecule has 0 unspecified atom stereocenters. The molecule has 0 heterocycles. The Bertz CT molecular complexity index is 338. The van der Waals surface area contributed by atoms with Gasteiger partial charge in [-0.25, -0.2) is 0 Å². The monoisotopic (exact) mass is 189 g/mol. The number of hydrogen-bond donors (Lipinski definition) is 1. The number of nitrogen functional groups attached to an aromatic ring is 1. The first-order chi connectivity index (χ1) is 5.96. The van der Waals surface area contributed by atoms with Crippen molar-refractivity contribution >= 4 is 11.7 Å². The van der Waals surface area contributed by atoms with Crippen LogP contribution >= 0.6 is 0 Å². The zero-order valence-electron chi connectivity index (χ0n) is 6.43. The van der Waals surface area contributed by atoms with E-state index < -0.39 is 17.5 Å². The molecule has 0 amide bonds. The van der Waals surface area contributed by atoms with Gasteiger partial charge in [-0.1, -0.05) is 18.2 Å². The summed E-state index contributed by atoms with van der Waals surface area (Å²) in [5.74, 6) is -4.15. The first-order valence-electron chi connectivity index (χ1n) is 3.39. The van der Waals surface area contributed by atoms with E-state index in [0.717, 1.165) is 6.07 Å². The first-order valence-corrected chi connectivity index (χ1v) is 3.39. The molecular formula is C8H6F3NO. The van der Waals surface area contributed by atoms with Crippen molar-refractivity contribution in [1.82, 2.24) is 0 Å². The summed E-state index contributed by atoms with van der Waals surface area (Å²) in [6, 6.07) is 2.05. The Morgan fingerprint density at radius 3 is 2.31 bits per heavy atom. The minimum atomic E-state index is -4.15. The summed E-state index contributed by atoms with van der Waals surface area (Å²) in [5, 5.41) is 0. The third kappa shape index (κ3) is 1.63.